The summed E-state index contributed by atoms with van der Waals surface area (Å²) in [4.78, 5) is 22.4. The van der Waals surface area contributed by atoms with Gasteiger partial charge >= 0.3 is 12.1 Å². The first-order valence-electron chi connectivity index (χ1n) is 5.40. The molecule has 0 aliphatic heterocycles. The van der Waals surface area contributed by atoms with Gasteiger partial charge in [-0.1, -0.05) is 30.3 Å². The van der Waals surface area contributed by atoms with Crippen LogP contribution in [0.25, 0.3) is 0 Å². The molecular weight excluding hydrogens is 236 g/mol. The molecule has 98 valence electrons. The van der Waals surface area contributed by atoms with Crippen LogP contribution in [-0.2, 0) is 16.1 Å². The van der Waals surface area contributed by atoms with Gasteiger partial charge in [0.2, 0.25) is 0 Å². The Morgan fingerprint density at radius 2 is 2.00 bits per heavy atom. The standard InChI is InChI=1S/C12H16N2O4/c1-12(8-13,10(15)16)14-11(17)18-7-9-5-3-2-4-6-9/h2-6H,7-8,13H2,1H3,(H,14,17)(H,15,16)/t12-/m0/s1. The molecule has 0 unspecified atom stereocenters. The van der Waals surface area contributed by atoms with Crippen molar-refractivity contribution < 1.29 is 19.4 Å². The van der Waals surface area contributed by atoms with Gasteiger partial charge in [-0.25, -0.2) is 9.59 Å². The second kappa shape index (κ2) is 6.02. The highest BCUT2D eigenvalue weighted by Crippen LogP contribution is 2.04. The van der Waals surface area contributed by atoms with Crippen LogP contribution in [0, 0.1) is 0 Å². The maximum absolute atomic E-state index is 11.4. The molecule has 1 amide bonds. The molecule has 0 saturated carbocycles. The van der Waals surface area contributed by atoms with Crippen LogP contribution < -0.4 is 11.1 Å². The van der Waals surface area contributed by atoms with E-state index in [2.05, 4.69) is 5.32 Å². The Labute approximate surface area is 105 Å². The Kier molecular flexibility index (Phi) is 4.67. The number of carbonyl (C=O) groups excluding carboxylic acids is 1. The SMILES string of the molecule is C[C@@](CN)(NC(=O)OCc1ccccc1)C(=O)O. The monoisotopic (exact) mass is 252 g/mol. The third kappa shape index (κ3) is 3.74. The molecule has 1 aromatic carbocycles. The summed E-state index contributed by atoms with van der Waals surface area (Å²) in [7, 11) is 0. The lowest BCUT2D eigenvalue weighted by Crippen LogP contribution is -2.57. The number of benzene rings is 1. The molecule has 1 atom stereocenters. The molecule has 6 heteroatoms. The molecule has 0 bridgehead atoms. The van der Waals surface area contributed by atoms with Gasteiger partial charge in [-0.2, -0.15) is 0 Å². The minimum atomic E-state index is -1.52. The van der Waals surface area contributed by atoms with E-state index in [1.54, 1.807) is 12.1 Å². The Hall–Kier alpha value is -2.08. The fourth-order valence-electron chi connectivity index (χ4n) is 1.18. The van der Waals surface area contributed by atoms with Gasteiger partial charge in [0, 0.05) is 6.54 Å². The Morgan fingerprint density at radius 1 is 1.39 bits per heavy atom. The number of nitrogens with two attached hydrogens (primary N) is 1. The van der Waals surface area contributed by atoms with Crippen LogP contribution >= 0.6 is 0 Å². The van der Waals surface area contributed by atoms with E-state index < -0.39 is 17.6 Å². The highest BCUT2D eigenvalue weighted by molar-refractivity contribution is 5.84. The van der Waals surface area contributed by atoms with Gasteiger partial charge in [-0.15, -0.1) is 0 Å². The van der Waals surface area contributed by atoms with Gasteiger partial charge in [0.25, 0.3) is 0 Å². The molecule has 1 rings (SSSR count). The number of carbonyl (C=O) groups is 2. The Morgan fingerprint density at radius 3 is 2.50 bits per heavy atom. The van der Waals surface area contributed by atoms with E-state index in [1.807, 2.05) is 18.2 Å². The molecule has 0 aliphatic carbocycles. The fraction of sp³-hybridized carbons (Fsp3) is 0.333. The third-order valence-electron chi connectivity index (χ3n) is 2.47. The van der Waals surface area contributed by atoms with Crippen LogP contribution in [0.3, 0.4) is 0 Å². The molecule has 0 aliphatic rings. The fourth-order valence-corrected chi connectivity index (χ4v) is 1.18. The summed E-state index contributed by atoms with van der Waals surface area (Å²) in [6.07, 6.45) is -0.811. The van der Waals surface area contributed by atoms with Gasteiger partial charge in [-0.3, -0.25) is 0 Å². The lowest BCUT2D eigenvalue weighted by molar-refractivity contribution is -0.143. The molecule has 0 heterocycles. The van der Waals surface area contributed by atoms with E-state index >= 15 is 0 Å². The van der Waals surface area contributed by atoms with Gasteiger partial charge < -0.3 is 20.9 Å². The van der Waals surface area contributed by atoms with Gasteiger partial charge in [0.1, 0.15) is 12.1 Å². The van der Waals surface area contributed by atoms with Crippen LogP contribution in [0.1, 0.15) is 12.5 Å². The summed E-state index contributed by atoms with van der Waals surface area (Å²) in [6.45, 7) is 1.18. The maximum atomic E-state index is 11.4. The van der Waals surface area contributed by atoms with Crippen molar-refractivity contribution in [1.29, 1.82) is 0 Å². The van der Waals surface area contributed by atoms with Crippen molar-refractivity contribution >= 4 is 12.1 Å². The lowest BCUT2D eigenvalue weighted by atomic mass is 10.0. The molecular formula is C12H16N2O4. The molecule has 0 spiro atoms. The number of carboxylic acid groups (broad SMARTS) is 1. The average Bonchev–Trinajstić information content (AvgIpc) is 2.37. The van der Waals surface area contributed by atoms with E-state index in [0.717, 1.165) is 5.56 Å². The normalized spacial score (nSPS) is 13.4. The van der Waals surface area contributed by atoms with E-state index in [4.69, 9.17) is 15.6 Å². The first kappa shape index (κ1) is 14.0. The summed E-state index contributed by atoms with van der Waals surface area (Å²) in [5.41, 5.74) is 4.61. The van der Waals surface area contributed by atoms with Gasteiger partial charge in [0.15, 0.2) is 0 Å². The molecule has 0 saturated heterocycles. The number of hydrogen-bond acceptors (Lipinski definition) is 4. The predicted octanol–water partition coefficient (Wildman–Crippen LogP) is 0.715. The minimum Gasteiger partial charge on any atom is -0.479 e. The second-order valence-electron chi connectivity index (χ2n) is 4.03. The van der Waals surface area contributed by atoms with Crippen LogP contribution in [0.15, 0.2) is 30.3 Å². The Balaban J connectivity index is 2.49. The van der Waals surface area contributed by atoms with Crippen molar-refractivity contribution in [3.05, 3.63) is 35.9 Å². The number of hydrogen-bond donors (Lipinski definition) is 3. The summed E-state index contributed by atoms with van der Waals surface area (Å²) < 4.78 is 4.91. The quantitative estimate of drug-likeness (QED) is 0.716. The van der Waals surface area contributed by atoms with Gasteiger partial charge in [0.05, 0.1) is 0 Å². The molecule has 0 aromatic heterocycles. The number of alkyl carbamates (subject to hydrolysis) is 1. The van der Waals surface area contributed by atoms with E-state index in [-0.39, 0.29) is 13.2 Å². The van der Waals surface area contributed by atoms with Crippen molar-refractivity contribution in [2.24, 2.45) is 5.73 Å². The summed E-state index contributed by atoms with van der Waals surface area (Å²) >= 11 is 0. The highest BCUT2D eigenvalue weighted by atomic mass is 16.5. The lowest BCUT2D eigenvalue weighted by Gasteiger charge is -2.23. The zero-order valence-corrected chi connectivity index (χ0v) is 10.1. The Bertz CT molecular complexity index is 421. The molecule has 0 fully saturated rings. The van der Waals surface area contributed by atoms with Crippen molar-refractivity contribution in [2.75, 3.05) is 6.54 Å². The van der Waals surface area contributed by atoms with Crippen LogP contribution in [0.5, 0.6) is 0 Å². The van der Waals surface area contributed by atoms with Crippen LogP contribution in [0.2, 0.25) is 0 Å². The zero-order valence-electron chi connectivity index (χ0n) is 10.1. The van der Waals surface area contributed by atoms with Crippen molar-refractivity contribution in [3.63, 3.8) is 0 Å². The van der Waals surface area contributed by atoms with E-state index in [9.17, 15) is 9.59 Å². The summed E-state index contributed by atoms with van der Waals surface area (Å²) in [5.74, 6) is -1.21. The van der Waals surface area contributed by atoms with E-state index in [0.29, 0.717) is 0 Å². The highest BCUT2D eigenvalue weighted by Gasteiger charge is 2.33. The first-order valence-corrected chi connectivity index (χ1v) is 5.40. The molecule has 18 heavy (non-hydrogen) atoms. The number of carboxylic acids is 1. The number of aliphatic carboxylic acids is 1. The minimum absolute atomic E-state index is 0.0763. The smallest absolute Gasteiger partial charge is 0.408 e. The number of amides is 1. The van der Waals surface area contributed by atoms with Gasteiger partial charge in [-0.05, 0) is 12.5 Å². The zero-order chi connectivity index (χ0) is 13.6. The predicted molar refractivity (Wildman–Crippen MR) is 64.9 cm³/mol. The van der Waals surface area contributed by atoms with E-state index in [1.165, 1.54) is 6.92 Å². The maximum Gasteiger partial charge on any atom is 0.408 e. The number of rotatable bonds is 5. The van der Waals surface area contributed by atoms with Crippen molar-refractivity contribution in [2.45, 2.75) is 19.1 Å². The first-order chi connectivity index (χ1) is 8.48. The summed E-state index contributed by atoms with van der Waals surface area (Å²) in [6, 6.07) is 9.08. The van der Waals surface area contributed by atoms with Crippen molar-refractivity contribution in [3.8, 4) is 0 Å². The number of ether oxygens (including phenoxy) is 1. The average molecular weight is 252 g/mol. The molecule has 0 radical (unpaired) electrons. The summed E-state index contributed by atoms with van der Waals surface area (Å²) in [5, 5.41) is 11.1. The molecule has 6 nitrogen and oxygen atoms in total. The molecule has 1 aromatic rings. The third-order valence-corrected chi connectivity index (χ3v) is 2.47. The van der Waals surface area contributed by atoms with Crippen LogP contribution in [-0.4, -0.2) is 29.3 Å². The molecule has 4 N–H and O–H groups in total. The largest absolute Gasteiger partial charge is 0.479 e. The number of nitrogens with one attached hydrogen (secondary N) is 1. The van der Waals surface area contributed by atoms with Crippen molar-refractivity contribution in [1.82, 2.24) is 5.32 Å². The van der Waals surface area contributed by atoms with Crippen LogP contribution in [0.4, 0.5) is 4.79 Å². The second-order valence-corrected chi connectivity index (χ2v) is 4.03. The topological polar surface area (TPSA) is 102 Å².